The molecule has 0 aliphatic heterocycles. The molecule has 0 aliphatic carbocycles. The first-order valence-corrected chi connectivity index (χ1v) is 9.10. The summed E-state index contributed by atoms with van der Waals surface area (Å²) in [5, 5.41) is 2.93. The summed E-state index contributed by atoms with van der Waals surface area (Å²) in [5.74, 6) is -0.240. The van der Waals surface area contributed by atoms with Crippen LogP contribution in [0.5, 0.6) is 0 Å². The molecule has 2 aromatic carbocycles. The number of sulfonamides is 1. The van der Waals surface area contributed by atoms with Crippen molar-refractivity contribution in [3.05, 3.63) is 65.2 Å². The van der Waals surface area contributed by atoms with Crippen molar-refractivity contribution in [1.82, 2.24) is 5.32 Å². The third kappa shape index (κ3) is 4.56. The molecule has 0 saturated heterocycles. The summed E-state index contributed by atoms with van der Waals surface area (Å²) < 4.78 is 25.2. The molecule has 2 rings (SSSR count). The third-order valence-corrected chi connectivity index (χ3v) is 4.11. The van der Waals surface area contributed by atoms with Gasteiger partial charge in [-0.05, 0) is 37.1 Å². The van der Waals surface area contributed by atoms with Gasteiger partial charge in [0.25, 0.3) is 5.91 Å². The SMILES string of the molecule is Cc1c(NS(C)(=O)=O)cccc1C(=O)N[C@H](C)c1ccccc1. The Bertz CT molecular complexity index is 802. The van der Waals surface area contributed by atoms with Gasteiger partial charge in [0.15, 0.2) is 0 Å². The minimum absolute atomic E-state index is 0.144. The van der Waals surface area contributed by atoms with Crippen molar-refractivity contribution in [2.75, 3.05) is 11.0 Å². The van der Waals surface area contributed by atoms with Crippen molar-refractivity contribution >= 4 is 21.6 Å². The lowest BCUT2D eigenvalue weighted by molar-refractivity contribution is 0.0939. The molecule has 1 atom stereocenters. The van der Waals surface area contributed by atoms with Crippen LogP contribution in [0.2, 0.25) is 0 Å². The molecule has 6 heteroatoms. The van der Waals surface area contributed by atoms with Gasteiger partial charge in [-0.1, -0.05) is 36.4 Å². The standard InChI is InChI=1S/C17H20N2O3S/c1-12-15(10-7-11-16(12)19-23(3,21)22)17(20)18-13(2)14-8-5-4-6-9-14/h4-11,13,19H,1-3H3,(H,18,20)/t13-/m1/s1. The molecule has 0 radical (unpaired) electrons. The quantitative estimate of drug-likeness (QED) is 0.884. The van der Waals surface area contributed by atoms with Crippen molar-refractivity contribution in [1.29, 1.82) is 0 Å². The average Bonchev–Trinajstić information content (AvgIpc) is 2.49. The fourth-order valence-corrected chi connectivity index (χ4v) is 2.91. The molecule has 2 N–H and O–H groups in total. The van der Waals surface area contributed by atoms with E-state index in [2.05, 4.69) is 10.0 Å². The molecule has 1 amide bonds. The van der Waals surface area contributed by atoms with Crippen LogP contribution in [0.3, 0.4) is 0 Å². The smallest absolute Gasteiger partial charge is 0.252 e. The highest BCUT2D eigenvalue weighted by molar-refractivity contribution is 7.92. The lowest BCUT2D eigenvalue weighted by atomic mass is 10.0. The molecule has 0 fully saturated rings. The molecule has 0 aromatic heterocycles. The van der Waals surface area contributed by atoms with Crippen molar-refractivity contribution in [3.63, 3.8) is 0 Å². The van der Waals surface area contributed by atoms with Crippen LogP contribution in [0.1, 0.15) is 34.5 Å². The Labute approximate surface area is 136 Å². The minimum Gasteiger partial charge on any atom is -0.346 e. The highest BCUT2D eigenvalue weighted by atomic mass is 32.2. The molecule has 0 bridgehead atoms. The molecule has 0 spiro atoms. The van der Waals surface area contributed by atoms with Crippen LogP contribution in [0.25, 0.3) is 0 Å². The van der Waals surface area contributed by atoms with Gasteiger partial charge < -0.3 is 5.32 Å². The van der Waals surface area contributed by atoms with Crippen molar-refractivity contribution in [2.45, 2.75) is 19.9 Å². The van der Waals surface area contributed by atoms with E-state index in [1.165, 1.54) is 0 Å². The number of carbonyl (C=O) groups is 1. The van der Waals surface area contributed by atoms with Gasteiger partial charge in [0, 0.05) is 5.56 Å². The van der Waals surface area contributed by atoms with Gasteiger partial charge in [0.1, 0.15) is 0 Å². The highest BCUT2D eigenvalue weighted by Crippen LogP contribution is 2.21. The second-order valence-corrected chi connectivity index (χ2v) is 7.21. The minimum atomic E-state index is -3.39. The zero-order chi connectivity index (χ0) is 17.0. The first-order chi connectivity index (χ1) is 10.8. The van der Waals surface area contributed by atoms with Gasteiger partial charge in [-0.3, -0.25) is 9.52 Å². The number of amides is 1. The zero-order valence-electron chi connectivity index (χ0n) is 13.3. The maximum absolute atomic E-state index is 12.5. The first-order valence-electron chi connectivity index (χ1n) is 7.21. The third-order valence-electron chi connectivity index (χ3n) is 3.52. The van der Waals surface area contributed by atoms with E-state index in [0.717, 1.165) is 11.8 Å². The van der Waals surface area contributed by atoms with Gasteiger partial charge >= 0.3 is 0 Å². The summed E-state index contributed by atoms with van der Waals surface area (Å²) in [5.41, 5.74) is 2.45. The molecule has 122 valence electrons. The van der Waals surface area contributed by atoms with Gasteiger partial charge in [0.2, 0.25) is 10.0 Å². The van der Waals surface area contributed by atoms with E-state index in [9.17, 15) is 13.2 Å². The second-order valence-electron chi connectivity index (χ2n) is 5.46. The van der Waals surface area contributed by atoms with Gasteiger partial charge in [-0.2, -0.15) is 0 Å². The average molecular weight is 332 g/mol. The molecule has 2 aromatic rings. The Morgan fingerprint density at radius 2 is 1.70 bits per heavy atom. The topological polar surface area (TPSA) is 75.3 Å². The number of anilines is 1. The van der Waals surface area contributed by atoms with Crippen LogP contribution >= 0.6 is 0 Å². The van der Waals surface area contributed by atoms with Gasteiger partial charge in [-0.25, -0.2) is 8.42 Å². The number of benzene rings is 2. The Balaban J connectivity index is 2.21. The van der Waals surface area contributed by atoms with Crippen LogP contribution in [0, 0.1) is 6.92 Å². The molecule has 0 aliphatic rings. The Morgan fingerprint density at radius 3 is 2.30 bits per heavy atom. The van der Waals surface area contributed by atoms with E-state index in [1.54, 1.807) is 25.1 Å². The van der Waals surface area contributed by atoms with Gasteiger partial charge in [-0.15, -0.1) is 0 Å². The summed E-state index contributed by atoms with van der Waals surface area (Å²) in [7, 11) is -3.39. The summed E-state index contributed by atoms with van der Waals surface area (Å²) in [6.45, 7) is 3.62. The van der Waals surface area contributed by atoms with E-state index in [1.807, 2.05) is 37.3 Å². The van der Waals surface area contributed by atoms with Crippen LogP contribution in [-0.4, -0.2) is 20.6 Å². The number of hydrogen-bond acceptors (Lipinski definition) is 3. The maximum Gasteiger partial charge on any atom is 0.252 e. The van der Waals surface area contributed by atoms with E-state index < -0.39 is 10.0 Å². The molecule has 0 heterocycles. The lowest BCUT2D eigenvalue weighted by Gasteiger charge is -2.16. The van der Waals surface area contributed by atoms with Crippen LogP contribution in [-0.2, 0) is 10.0 Å². The number of nitrogens with one attached hydrogen (secondary N) is 2. The van der Waals surface area contributed by atoms with Crippen molar-refractivity contribution in [2.24, 2.45) is 0 Å². The summed E-state index contributed by atoms with van der Waals surface area (Å²) in [6.07, 6.45) is 1.08. The normalized spacial score (nSPS) is 12.5. The molecule has 0 unspecified atom stereocenters. The van der Waals surface area contributed by atoms with Crippen LogP contribution in [0.15, 0.2) is 48.5 Å². The molecule has 0 saturated carbocycles. The Hall–Kier alpha value is -2.34. The second kappa shape index (κ2) is 6.83. The molecule has 5 nitrogen and oxygen atoms in total. The fraction of sp³-hybridized carbons (Fsp3) is 0.235. The summed E-state index contributed by atoms with van der Waals surface area (Å²) in [4.78, 5) is 12.5. The summed E-state index contributed by atoms with van der Waals surface area (Å²) >= 11 is 0. The van der Waals surface area contributed by atoms with Crippen LogP contribution < -0.4 is 10.0 Å². The number of rotatable bonds is 5. The fourth-order valence-electron chi connectivity index (χ4n) is 2.29. The monoisotopic (exact) mass is 332 g/mol. The predicted molar refractivity (Wildman–Crippen MR) is 92.0 cm³/mol. The largest absolute Gasteiger partial charge is 0.346 e. The first kappa shape index (κ1) is 17.0. The van der Waals surface area contributed by atoms with Crippen LogP contribution in [0.4, 0.5) is 5.69 Å². The molecule has 23 heavy (non-hydrogen) atoms. The maximum atomic E-state index is 12.5. The Morgan fingerprint density at radius 1 is 1.04 bits per heavy atom. The molecular formula is C17H20N2O3S. The van der Waals surface area contributed by atoms with E-state index in [0.29, 0.717) is 16.8 Å². The van der Waals surface area contributed by atoms with E-state index >= 15 is 0 Å². The summed E-state index contributed by atoms with van der Waals surface area (Å²) in [6, 6.07) is 14.5. The number of hydrogen-bond donors (Lipinski definition) is 2. The number of carbonyl (C=O) groups excluding carboxylic acids is 1. The predicted octanol–water partition coefficient (Wildman–Crippen LogP) is 2.86. The lowest BCUT2D eigenvalue weighted by Crippen LogP contribution is -2.27. The van der Waals surface area contributed by atoms with E-state index in [-0.39, 0.29) is 11.9 Å². The molecular weight excluding hydrogens is 312 g/mol. The van der Waals surface area contributed by atoms with E-state index in [4.69, 9.17) is 0 Å². The highest BCUT2D eigenvalue weighted by Gasteiger charge is 2.16. The van der Waals surface area contributed by atoms with Crippen molar-refractivity contribution in [3.8, 4) is 0 Å². The Kier molecular flexibility index (Phi) is 5.05. The zero-order valence-corrected chi connectivity index (χ0v) is 14.1. The van der Waals surface area contributed by atoms with Gasteiger partial charge in [0.05, 0.1) is 18.0 Å². The van der Waals surface area contributed by atoms with Crippen molar-refractivity contribution < 1.29 is 13.2 Å².